The molecule has 2 heterocycles. The lowest BCUT2D eigenvalue weighted by Gasteiger charge is -2.00. The lowest BCUT2D eigenvalue weighted by atomic mass is 10.3. The maximum absolute atomic E-state index is 12.7. The molecule has 1 amide bonds. The van der Waals surface area contributed by atoms with Crippen LogP contribution in [-0.4, -0.2) is 34.9 Å². The van der Waals surface area contributed by atoms with Gasteiger partial charge in [0.25, 0.3) is 5.91 Å². The van der Waals surface area contributed by atoms with Gasteiger partial charge in [0.15, 0.2) is 16.6 Å². The van der Waals surface area contributed by atoms with Crippen LogP contribution in [0.2, 0.25) is 0 Å². The summed E-state index contributed by atoms with van der Waals surface area (Å²) in [7, 11) is 3.12. The van der Waals surface area contributed by atoms with Crippen molar-refractivity contribution in [1.29, 1.82) is 0 Å². The summed E-state index contributed by atoms with van der Waals surface area (Å²) in [6.45, 7) is 0. The van der Waals surface area contributed by atoms with Gasteiger partial charge in [-0.2, -0.15) is 5.10 Å². The van der Waals surface area contributed by atoms with Gasteiger partial charge in [0.05, 0.1) is 36.3 Å². The highest BCUT2D eigenvalue weighted by molar-refractivity contribution is 7.22. The quantitative estimate of drug-likeness (QED) is 0.570. The number of hydrogen-bond donors (Lipinski definition) is 1. The summed E-state index contributed by atoms with van der Waals surface area (Å²) in [5, 5.41) is 7.65. The van der Waals surface area contributed by atoms with Crippen molar-refractivity contribution in [3.8, 4) is 17.2 Å². The van der Waals surface area contributed by atoms with Crippen molar-refractivity contribution in [2.45, 2.75) is 0 Å². The number of anilines is 1. The van der Waals surface area contributed by atoms with Crippen LogP contribution in [-0.2, 0) is 0 Å². The first-order valence-corrected chi connectivity index (χ1v) is 8.94. The van der Waals surface area contributed by atoms with Gasteiger partial charge in [-0.05, 0) is 30.3 Å². The van der Waals surface area contributed by atoms with Crippen LogP contribution in [0.1, 0.15) is 10.5 Å². The number of rotatable bonds is 5. The predicted molar refractivity (Wildman–Crippen MR) is 104 cm³/mol. The molecule has 8 heteroatoms. The summed E-state index contributed by atoms with van der Waals surface area (Å²) in [6.07, 6.45) is 1.67. The van der Waals surface area contributed by atoms with Crippen LogP contribution in [0.5, 0.6) is 11.5 Å². The number of benzene rings is 2. The van der Waals surface area contributed by atoms with E-state index < -0.39 is 0 Å². The number of methoxy groups -OCH3 is 2. The number of carbonyl (C=O) groups excluding carboxylic acids is 1. The van der Waals surface area contributed by atoms with Crippen LogP contribution >= 0.6 is 11.3 Å². The normalized spacial score (nSPS) is 10.7. The molecule has 27 heavy (non-hydrogen) atoms. The molecule has 0 atom stereocenters. The van der Waals surface area contributed by atoms with Crippen LogP contribution in [0.3, 0.4) is 0 Å². The molecule has 0 saturated heterocycles. The Morgan fingerprint density at radius 1 is 1.11 bits per heavy atom. The van der Waals surface area contributed by atoms with Gasteiger partial charge in [-0.25, -0.2) is 9.67 Å². The number of para-hydroxylation sites is 1. The largest absolute Gasteiger partial charge is 0.497 e. The van der Waals surface area contributed by atoms with E-state index in [-0.39, 0.29) is 11.6 Å². The number of aromatic nitrogens is 3. The van der Waals surface area contributed by atoms with Gasteiger partial charge in [0.2, 0.25) is 0 Å². The van der Waals surface area contributed by atoms with E-state index in [4.69, 9.17) is 9.47 Å². The molecular weight excluding hydrogens is 364 g/mol. The standard InChI is InChI=1S/C19H16N4O3S/c1-25-13-8-9-14-16(10-13)27-19(20-14)21-18(24)17-15(26-2)11-23(22-17)12-6-4-3-5-7-12/h3-11H,1-2H3,(H,20,21,24). The van der Waals surface area contributed by atoms with E-state index in [0.717, 1.165) is 21.7 Å². The topological polar surface area (TPSA) is 78.3 Å². The molecule has 7 nitrogen and oxygen atoms in total. The average molecular weight is 380 g/mol. The highest BCUT2D eigenvalue weighted by Crippen LogP contribution is 2.30. The Kier molecular flexibility index (Phi) is 4.47. The summed E-state index contributed by atoms with van der Waals surface area (Å²) in [6, 6.07) is 15.1. The highest BCUT2D eigenvalue weighted by Gasteiger charge is 2.20. The molecule has 0 saturated carbocycles. The molecule has 4 aromatic rings. The van der Waals surface area contributed by atoms with Crippen molar-refractivity contribution in [2.75, 3.05) is 19.5 Å². The Labute approximate surface area is 159 Å². The number of amides is 1. The number of nitrogens with one attached hydrogen (secondary N) is 1. The second-order valence-corrected chi connectivity index (χ2v) is 6.66. The van der Waals surface area contributed by atoms with Crippen molar-refractivity contribution >= 4 is 32.6 Å². The maximum atomic E-state index is 12.7. The Morgan fingerprint density at radius 3 is 2.67 bits per heavy atom. The lowest BCUT2D eigenvalue weighted by molar-refractivity contribution is 0.101. The number of nitrogens with zero attached hydrogens (tertiary/aromatic N) is 3. The molecule has 0 fully saturated rings. The first-order valence-electron chi connectivity index (χ1n) is 8.13. The predicted octanol–water partition coefficient (Wildman–Crippen LogP) is 3.75. The number of ether oxygens (including phenoxy) is 2. The van der Waals surface area contributed by atoms with Gasteiger partial charge in [-0.1, -0.05) is 29.5 Å². The zero-order valence-corrected chi connectivity index (χ0v) is 15.5. The third-order valence-corrected chi connectivity index (χ3v) is 4.89. The average Bonchev–Trinajstić information content (AvgIpc) is 3.31. The zero-order chi connectivity index (χ0) is 18.8. The molecule has 2 aromatic carbocycles. The van der Waals surface area contributed by atoms with Gasteiger partial charge >= 0.3 is 0 Å². The molecule has 0 unspecified atom stereocenters. The Hall–Kier alpha value is -3.39. The monoisotopic (exact) mass is 380 g/mol. The fraction of sp³-hybridized carbons (Fsp3) is 0.105. The van der Waals surface area contributed by atoms with Gasteiger partial charge in [0, 0.05) is 0 Å². The molecule has 136 valence electrons. The van der Waals surface area contributed by atoms with Crippen molar-refractivity contribution in [3.05, 3.63) is 60.4 Å². The SMILES string of the molecule is COc1ccc2nc(NC(=O)c3nn(-c4ccccc4)cc3OC)sc2c1. The number of thiazole rings is 1. The highest BCUT2D eigenvalue weighted by atomic mass is 32.1. The van der Waals surface area contributed by atoms with Crippen LogP contribution in [0, 0.1) is 0 Å². The molecule has 2 aromatic heterocycles. The number of fused-ring (bicyclic) bond motifs is 1. The number of carbonyl (C=O) groups is 1. The maximum Gasteiger partial charge on any atom is 0.281 e. The van der Waals surface area contributed by atoms with Gasteiger partial charge in [-0.3, -0.25) is 10.1 Å². The molecule has 4 rings (SSSR count). The number of hydrogen-bond acceptors (Lipinski definition) is 6. The summed E-state index contributed by atoms with van der Waals surface area (Å²) in [5.74, 6) is 0.749. The second-order valence-electron chi connectivity index (χ2n) is 5.63. The van der Waals surface area contributed by atoms with Crippen molar-refractivity contribution in [2.24, 2.45) is 0 Å². The smallest absolute Gasteiger partial charge is 0.281 e. The molecule has 1 N–H and O–H groups in total. The van der Waals surface area contributed by atoms with Crippen molar-refractivity contribution in [3.63, 3.8) is 0 Å². The summed E-state index contributed by atoms with van der Waals surface area (Å²) < 4.78 is 13.1. The Balaban J connectivity index is 1.62. The Bertz CT molecular complexity index is 1100. The van der Waals surface area contributed by atoms with E-state index >= 15 is 0 Å². The molecule has 0 bridgehead atoms. The first kappa shape index (κ1) is 17.0. The second kappa shape index (κ2) is 7.08. The van der Waals surface area contributed by atoms with E-state index in [9.17, 15) is 4.79 Å². The molecule has 0 aliphatic heterocycles. The van der Waals surface area contributed by atoms with Gasteiger partial charge < -0.3 is 9.47 Å². The van der Waals surface area contributed by atoms with Crippen LogP contribution in [0.25, 0.3) is 15.9 Å². The molecule has 0 radical (unpaired) electrons. The lowest BCUT2D eigenvalue weighted by Crippen LogP contribution is -2.14. The van der Waals surface area contributed by atoms with Crippen molar-refractivity contribution in [1.82, 2.24) is 14.8 Å². The summed E-state index contributed by atoms with van der Waals surface area (Å²) >= 11 is 1.37. The molecule has 0 aliphatic rings. The van der Waals surface area contributed by atoms with Crippen LogP contribution in [0.4, 0.5) is 5.13 Å². The summed E-state index contributed by atoms with van der Waals surface area (Å²) in [5.41, 5.74) is 1.82. The molecule has 0 aliphatic carbocycles. The first-order chi connectivity index (χ1) is 13.2. The third-order valence-electron chi connectivity index (χ3n) is 3.95. The van der Waals surface area contributed by atoms with Crippen LogP contribution in [0.15, 0.2) is 54.7 Å². The minimum atomic E-state index is -0.382. The van der Waals surface area contributed by atoms with E-state index in [2.05, 4.69) is 15.4 Å². The third kappa shape index (κ3) is 3.34. The van der Waals surface area contributed by atoms with Gasteiger partial charge in [0.1, 0.15) is 5.75 Å². The molecular formula is C19H16N4O3S. The van der Waals surface area contributed by atoms with E-state index in [1.54, 1.807) is 18.0 Å². The molecule has 0 spiro atoms. The minimum Gasteiger partial charge on any atom is -0.497 e. The van der Waals surface area contributed by atoms with Crippen molar-refractivity contribution < 1.29 is 14.3 Å². The minimum absolute atomic E-state index is 0.193. The van der Waals surface area contributed by atoms with E-state index in [1.165, 1.54) is 18.4 Å². The zero-order valence-electron chi connectivity index (χ0n) is 14.7. The van der Waals surface area contributed by atoms with E-state index in [1.807, 2.05) is 48.5 Å². The fourth-order valence-corrected chi connectivity index (χ4v) is 3.51. The van der Waals surface area contributed by atoms with E-state index in [0.29, 0.717) is 10.9 Å². The Morgan fingerprint density at radius 2 is 1.93 bits per heavy atom. The van der Waals surface area contributed by atoms with Crippen LogP contribution < -0.4 is 14.8 Å². The summed E-state index contributed by atoms with van der Waals surface area (Å²) in [4.78, 5) is 17.1. The fourth-order valence-electron chi connectivity index (χ4n) is 2.62. The van der Waals surface area contributed by atoms with Gasteiger partial charge in [-0.15, -0.1) is 0 Å².